The molecule has 0 unspecified atom stereocenters. The van der Waals surface area contributed by atoms with Crippen molar-refractivity contribution in [2.24, 2.45) is 5.92 Å². The van der Waals surface area contributed by atoms with Crippen molar-refractivity contribution in [2.75, 3.05) is 0 Å². The Balaban J connectivity index is 1.86. The third kappa shape index (κ3) is 1.08. The Labute approximate surface area is 120 Å². The molecule has 3 atom stereocenters. The highest BCUT2D eigenvalue weighted by molar-refractivity contribution is 5.63. The molecule has 1 aromatic carbocycles. The van der Waals surface area contributed by atoms with Crippen molar-refractivity contribution in [3.63, 3.8) is 0 Å². The SMILES string of the molecule is CCC1=CC=C2[C@@H]3CCC[C@@]24c2c(cccc2O[C@@H]14)C3. The van der Waals surface area contributed by atoms with E-state index in [1.54, 1.807) is 16.7 Å². The summed E-state index contributed by atoms with van der Waals surface area (Å²) >= 11 is 0. The topological polar surface area (TPSA) is 9.23 Å². The van der Waals surface area contributed by atoms with Gasteiger partial charge in [-0.3, -0.25) is 0 Å². The lowest BCUT2D eigenvalue weighted by Gasteiger charge is -2.50. The summed E-state index contributed by atoms with van der Waals surface area (Å²) in [5.41, 5.74) is 6.48. The van der Waals surface area contributed by atoms with Crippen LogP contribution in [0.5, 0.6) is 5.75 Å². The molecule has 0 N–H and O–H groups in total. The van der Waals surface area contributed by atoms with Gasteiger partial charge in [0.2, 0.25) is 0 Å². The third-order valence-electron chi connectivity index (χ3n) is 6.02. The molecule has 1 heteroatoms. The summed E-state index contributed by atoms with van der Waals surface area (Å²) in [5.74, 6) is 1.92. The fraction of sp³-hybridized carbons (Fsp3) is 0.474. The van der Waals surface area contributed by atoms with Gasteiger partial charge < -0.3 is 4.74 Å². The number of hydrogen-bond donors (Lipinski definition) is 0. The first-order chi connectivity index (χ1) is 9.84. The van der Waals surface area contributed by atoms with Crippen LogP contribution in [-0.2, 0) is 11.8 Å². The second-order valence-electron chi connectivity index (χ2n) is 6.77. The van der Waals surface area contributed by atoms with Crippen LogP contribution in [0.1, 0.15) is 43.7 Å². The minimum Gasteiger partial charge on any atom is -0.484 e. The predicted molar refractivity (Wildman–Crippen MR) is 80.0 cm³/mol. The summed E-state index contributed by atoms with van der Waals surface area (Å²) < 4.78 is 6.47. The minimum absolute atomic E-state index is 0.202. The summed E-state index contributed by atoms with van der Waals surface area (Å²) in [6.07, 6.45) is 11.4. The van der Waals surface area contributed by atoms with Gasteiger partial charge in [0.05, 0.1) is 5.41 Å². The Bertz CT molecular complexity index is 666. The van der Waals surface area contributed by atoms with Crippen molar-refractivity contribution >= 4 is 0 Å². The molecule has 1 aromatic rings. The van der Waals surface area contributed by atoms with Crippen molar-refractivity contribution in [3.8, 4) is 5.75 Å². The van der Waals surface area contributed by atoms with Crippen LogP contribution in [0.3, 0.4) is 0 Å². The van der Waals surface area contributed by atoms with E-state index in [4.69, 9.17) is 4.74 Å². The van der Waals surface area contributed by atoms with Crippen LogP contribution in [0.15, 0.2) is 41.5 Å². The highest BCUT2D eigenvalue weighted by Crippen LogP contribution is 2.62. The van der Waals surface area contributed by atoms with Gasteiger partial charge in [0, 0.05) is 5.56 Å². The third-order valence-corrected chi connectivity index (χ3v) is 6.02. The summed E-state index contributed by atoms with van der Waals surface area (Å²) in [6.45, 7) is 2.26. The highest BCUT2D eigenvalue weighted by atomic mass is 16.5. The Hall–Kier alpha value is -1.50. The van der Waals surface area contributed by atoms with E-state index in [-0.39, 0.29) is 11.5 Å². The first-order valence-electron chi connectivity index (χ1n) is 8.04. The zero-order chi connectivity index (χ0) is 13.3. The van der Waals surface area contributed by atoms with E-state index in [1.165, 1.54) is 37.0 Å². The molecule has 2 bridgehead atoms. The fourth-order valence-corrected chi connectivity index (χ4v) is 5.29. The first kappa shape index (κ1) is 11.2. The second kappa shape index (κ2) is 3.58. The van der Waals surface area contributed by atoms with E-state index >= 15 is 0 Å². The van der Waals surface area contributed by atoms with Crippen LogP contribution in [0.2, 0.25) is 0 Å². The normalized spacial score (nSPS) is 35.9. The highest BCUT2D eigenvalue weighted by Gasteiger charge is 2.58. The molecule has 4 aliphatic rings. The van der Waals surface area contributed by atoms with Crippen molar-refractivity contribution in [1.29, 1.82) is 0 Å². The molecular formula is C19H20O. The maximum absolute atomic E-state index is 6.47. The molecule has 1 aliphatic heterocycles. The van der Waals surface area contributed by atoms with Crippen LogP contribution in [-0.4, -0.2) is 6.10 Å². The van der Waals surface area contributed by atoms with Crippen LogP contribution in [0.25, 0.3) is 0 Å². The minimum atomic E-state index is 0.202. The molecular weight excluding hydrogens is 244 g/mol. The van der Waals surface area contributed by atoms with Gasteiger partial charge in [-0.1, -0.05) is 43.2 Å². The largest absolute Gasteiger partial charge is 0.484 e. The van der Waals surface area contributed by atoms with E-state index < -0.39 is 0 Å². The van der Waals surface area contributed by atoms with E-state index in [0.29, 0.717) is 0 Å². The predicted octanol–water partition coefficient (Wildman–Crippen LogP) is 4.32. The maximum atomic E-state index is 6.47. The van der Waals surface area contributed by atoms with Crippen LogP contribution >= 0.6 is 0 Å². The maximum Gasteiger partial charge on any atom is 0.134 e. The number of hydrogen-bond acceptors (Lipinski definition) is 1. The molecule has 1 saturated carbocycles. The lowest BCUT2D eigenvalue weighted by Crippen LogP contribution is -2.49. The fourth-order valence-electron chi connectivity index (χ4n) is 5.29. The molecule has 1 nitrogen and oxygen atoms in total. The van der Waals surface area contributed by atoms with Gasteiger partial charge in [-0.25, -0.2) is 0 Å². The molecule has 5 rings (SSSR count). The molecule has 1 heterocycles. The van der Waals surface area contributed by atoms with Crippen LogP contribution < -0.4 is 4.74 Å². The molecule has 3 aliphatic carbocycles. The Morgan fingerprint density at radius 1 is 1.30 bits per heavy atom. The zero-order valence-electron chi connectivity index (χ0n) is 12.0. The van der Waals surface area contributed by atoms with Gasteiger partial charge in [-0.05, 0) is 48.8 Å². The summed E-state index contributed by atoms with van der Waals surface area (Å²) in [4.78, 5) is 0. The molecule has 1 spiro atoms. The smallest absolute Gasteiger partial charge is 0.134 e. The summed E-state index contributed by atoms with van der Waals surface area (Å²) in [5, 5.41) is 0. The van der Waals surface area contributed by atoms with Crippen LogP contribution in [0, 0.1) is 5.92 Å². The Kier molecular flexibility index (Phi) is 2.00. The van der Waals surface area contributed by atoms with Gasteiger partial charge in [-0.2, -0.15) is 0 Å². The lowest BCUT2D eigenvalue weighted by molar-refractivity contribution is 0.154. The monoisotopic (exact) mass is 264 g/mol. The van der Waals surface area contributed by atoms with Gasteiger partial charge >= 0.3 is 0 Å². The standard InChI is InChI=1S/C19H20O/c1-2-12-8-9-15-13-6-4-10-19(15)17-14(11-13)5-3-7-16(17)20-18(12)19/h3,5,7-9,13,18H,2,4,6,10-11H2,1H3/t13-,18+,19+/m1/s1. The lowest BCUT2D eigenvalue weighted by atomic mass is 9.53. The molecule has 102 valence electrons. The van der Waals surface area contributed by atoms with Gasteiger partial charge in [-0.15, -0.1) is 0 Å². The summed E-state index contributed by atoms with van der Waals surface area (Å²) in [6, 6.07) is 6.71. The van der Waals surface area contributed by atoms with Gasteiger partial charge in [0.25, 0.3) is 0 Å². The van der Waals surface area contributed by atoms with Gasteiger partial charge in [0.1, 0.15) is 11.9 Å². The average molecular weight is 264 g/mol. The Morgan fingerprint density at radius 2 is 2.25 bits per heavy atom. The summed E-state index contributed by atoms with van der Waals surface area (Å²) in [7, 11) is 0. The molecule has 0 aromatic heterocycles. The number of rotatable bonds is 1. The second-order valence-corrected chi connectivity index (χ2v) is 6.77. The van der Waals surface area contributed by atoms with Crippen molar-refractivity contribution in [3.05, 3.63) is 52.6 Å². The van der Waals surface area contributed by atoms with Crippen molar-refractivity contribution in [2.45, 2.75) is 50.5 Å². The zero-order valence-corrected chi connectivity index (χ0v) is 12.0. The van der Waals surface area contributed by atoms with E-state index in [2.05, 4.69) is 37.3 Å². The quantitative estimate of drug-likeness (QED) is 0.734. The van der Waals surface area contributed by atoms with E-state index in [1.807, 2.05) is 0 Å². The van der Waals surface area contributed by atoms with Crippen molar-refractivity contribution < 1.29 is 4.74 Å². The van der Waals surface area contributed by atoms with E-state index in [9.17, 15) is 0 Å². The molecule has 20 heavy (non-hydrogen) atoms. The molecule has 0 saturated heterocycles. The number of benzene rings is 1. The van der Waals surface area contributed by atoms with Crippen LogP contribution in [0.4, 0.5) is 0 Å². The van der Waals surface area contributed by atoms with Crippen molar-refractivity contribution in [1.82, 2.24) is 0 Å². The Morgan fingerprint density at radius 3 is 3.15 bits per heavy atom. The van der Waals surface area contributed by atoms with Gasteiger partial charge in [0.15, 0.2) is 0 Å². The van der Waals surface area contributed by atoms with E-state index in [0.717, 1.165) is 12.3 Å². The first-order valence-corrected chi connectivity index (χ1v) is 8.04. The molecule has 1 fully saturated rings. The molecule has 0 amide bonds. The molecule has 0 radical (unpaired) electrons. The average Bonchev–Trinajstić information content (AvgIpc) is 2.80. The number of allylic oxidation sites excluding steroid dienone is 2. The number of ether oxygens (including phenoxy) is 1.